The average molecular weight is 226 g/mol. The molecule has 7 heteroatoms. The number of pyridine rings is 1. The number of nitrogens with one attached hydrogen (secondary N) is 1. The first-order valence-corrected chi connectivity index (χ1v) is 6.12. The molecule has 0 unspecified atom stereocenters. The van der Waals surface area contributed by atoms with Crippen molar-refractivity contribution in [2.75, 3.05) is 11.0 Å². The molecule has 0 spiro atoms. The Balaban J connectivity index is 2.62. The molecule has 2 aromatic rings. The van der Waals surface area contributed by atoms with Gasteiger partial charge in [-0.25, -0.2) is 8.42 Å². The molecule has 1 N–H and O–H groups in total. The zero-order valence-corrected chi connectivity index (χ0v) is 9.11. The third-order valence-corrected chi connectivity index (χ3v) is 2.46. The molecule has 6 nitrogen and oxygen atoms in total. The zero-order chi connectivity index (χ0) is 11.1. The monoisotopic (exact) mass is 226 g/mol. The Morgan fingerprint density at radius 1 is 1.47 bits per heavy atom. The average Bonchev–Trinajstić information content (AvgIpc) is 2.42. The van der Waals surface area contributed by atoms with Crippen molar-refractivity contribution >= 4 is 26.9 Å². The van der Waals surface area contributed by atoms with Gasteiger partial charge in [0.25, 0.3) is 0 Å². The zero-order valence-electron chi connectivity index (χ0n) is 8.30. The lowest BCUT2D eigenvalue weighted by Gasteiger charge is -1.97. The molecule has 15 heavy (non-hydrogen) atoms. The molecule has 0 amide bonds. The fourth-order valence-electron chi connectivity index (χ4n) is 1.34. The van der Waals surface area contributed by atoms with Gasteiger partial charge in [-0.05, 0) is 12.1 Å². The molecule has 0 radical (unpaired) electrons. The number of hydrogen-bond donors (Lipinski definition) is 1. The van der Waals surface area contributed by atoms with Crippen LogP contribution in [0.2, 0.25) is 0 Å². The van der Waals surface area contributed by atoms with Crippen molar-refractivity contribution in [2.24, 2.45) is 7.05 Å². The van der Waals surface area contributed by atoms with Crippen LogP contribution in [0.1, 0.15) is 0 Å². The lowest BCUT2D eigenvalue weighted by atomic mass is 10.4. The number of rotatable bonds is 2. The fourth-order valence-corrected chi connectivity index (χ4v) is 1.82. The van der Waals surface area contributed by atoms with Crippen LogP contribution < -0.4 is 4.72 Å². The standard InChI is InChI=1S/C8H10N4O2S/c1-12-6-4-3-5-9-7(6)8(10-12)11-15(2,13)14/h3-5H,1-2H3,(H,10,11). The summed E-state index contributed by atoms with van der Waals surface area (Å²) in [6.07, 6.45) is 2.67. The molecule has 2 rings (SSSR count). The minimum absolute atomic E-state index is 0.260. The van der Waals surface area contributed by atoms with Crippen molar-refractivity contribution in [3.05, 3.63) is 18.3 Å². The molecule has 0 aliphatic rings. The van der Waals surface area contributed by atoms with Gasteiger partial charge in [-0.15, -0.1) is 0 Å². The van der Waals surface area contributed by atoms with Gasteiger partial charge in [-0.2, -0.15) is 5.10 Å². The molecule has 0 saturated carbocycles. The van der Waals surface area contributed by atoms with E-state index in [-0.39, 0.29) is 5.82 Å². The van der Waals surface area contributed by atoms with Crippen LogP contribution in [-0.4, -0.2) is 29.4 Å². The van der Waals surface area contributed by atoms with Crippen molar-refractivity contribution in [3.8, 4) is 0 Å². The first kappa shape index (κ1) is 9.91. The molecule has 0 fully saturated rings. The SMILES string of the molecule is Cn1nc(NS(C)(=O)=O)c2ncccc21. The maximum absolute atomic E-state index is 11.1. The van der Waals surface area contributed by atoms with Crippen LogP contribution in [0.5, 0.6) is 0 Å². The van der Waals surface area contributed by atoms with E-state index in [0.29, 0.717) is 5.52 Å². The number of nitrogens with zero attached hydrogens (tertiary/aromatic N) is 3. The van der Waals surface area contributed by atoms with Crippen LogP contribution in [0, 0.1) is 0 Å². The minimum Gasteiger partial charge on any atom is -0.264 e. The Bertz CT molecular complexity index is 602. The van der Waals surface area contributed by atoms with Crippen molar-refractivity contribution in [3.63, 3.8) is 0 Å². The summed E-state index contributed by atoms with van der Waals surface area (Å²) < 4.78 is 26.0. The number of aryl methyl sites for hydroxylation is 1. The number of hydrogen-bond acceptors (Lipinski definition) is 4. The second-order valence-corrected chi connectivity index (χ2v) is 4.97. The third-order valence-electron chi connectivity index (χ3n) is 1.89. The highest BCUT2D eigenvalue weighted by Gasteiger charge is 2.12. The van der Waals surface area contributed by atoms with Gasteiger partial charge < -0.3 is 0 Å². The van der Waals surface area contributed by atoms with Gasteiger partial charge in [-0.1, -0.05) is 0 Å². The van der Waals surface area contributed by atoms with Gasteiger partial charge in [-0.3, -0.25) is 14.4 Å². The molecule has 0 bridgehead atoms. The molecule has 0 aromatic carbocycles. The highest BCUT2D eigenvalue weighted by Crippen LogP contribution is 2.19. The summed E-state index contributed by atoms with van der Waals surface area (Å²) in [5.41, 5.74) is 1.33. The smallest absolute Gasteiger partial charge is 0.231 e. The second kappa shape index (κ2) is 3.20. The maximum atomic E-state index is 11.1. The number of aromatic nitrogens is 3. The number of fused-ring (bicyclic) bond motifs is 1. The Kier molecular flexibility index (Phi) is 2.11. The molecular formula is C8H10N4O2S. The normalized spacial score (nSPS) is 11.9. The third kappa shape index (κ3) is 1.91. The van der Waals surface area contributed by atoms with Crippen molar-refractivity contribution < 1.29 is 8.42 Å². The van der Waals surface area contributed by atoms with Gasteiger partial charge in [0.05, 0.1) is 11.8 Å². The van der Waals surface area contributed by atoms with Crippen molar-refractivity contribution in [2.45, 2.75) is 0 Å². The van der Waals surface area contributed by atoms with Crippen LogP contribution in [-0.2, 0) is 17.1 Å². The van der Waals surface area contributed by atoms with Gasteiger partial charge in [0, 0.05) is 13.2 Å². The van der Waals surface area contributed by atoms with Crippen LogP contribution in [0.4, 0.5) is 5.82 Å². The summed E-state index contributed by atoms with van der Waals surface area (Å²) in [5.74, 6) is 0.260. The first-order chi connectivity index (χ1) is 6.97. The summed E-state index contributed by atoms with van der Waals surface area (Å²) in [6, 6.07) is 3.59. The van der Waals surface area contributed by atoms with Crippen LogP contribution in [0.15, 0.2) is 18.3 Å². The van der Waals surface area contributed by atoms with E-state index in [4.69, 9.17) is 0 Å². The molecule has 2 heterocycles. The Hall–Kier alpha value is -1.63. The van der Waals surface area contributed by atoms with E-state index in [1.165, 1.54) is 0 Å². The highest BCUT2D eigenvalue weighted by molar-refractivity contribution is 7.92. The molecule has 0 aliphatic heterocycles. The Morgan fingerprint density at radius 3 is 2.87 bits per heavy atom. The van der Waals surface area contributed by atoms with Crippen molar-refractivity contribution in [1.29, 1.82) is 0 Å². The van der Waals surface area contributed by atoms with Gasteiger partial charge in [0.2, 0.25) is 10.0 Å². The second-order valence-electron chi connectivity index (χ2n) is 3.22. The van der Waals surface area contributed by atoms with Gasteiger partial charge >= 0.3 is 0 Å². The quantitative estimate of drug-likeness (QED) is 0.801. The van der Waals surface area contributed by atoms with E-state index >= 15 is 0 Å². The predicted octanol–water partition coefficient (Wildman–Crippen LogP) is 0.340. The first-order valence-electron chi connectivity index (χ1n) is 4.23. The largest absolute Gasteiger partial charge is 0.264 e. The molecule has 0 atom stereocenters. The summed E-state index contributed by atoms with van der Waals surface area (Å²) >= 11 is 0. The predicted molar refractivity (Wildman–Crippen MR) is 57.0 cm³/mol. The number of anilines is 1. The minimum atomic E-state index is -3.32. The topological polar surface area (TPSA) is 76.9 Å². The molecule has 0 saturated heterocycles. The summed E-state index contributed by atoms with van der Waals surface area (Å²) in [6.45, 7) is 0. The molecule has 0 aliphatic carbocycles. The Labute approximate surface area is 87.0 Å². The summed E-state index contributed by atoms with van der Waals surface area (Å²) in [7, 11) is -1.59. The molecule has 2 aromatic heterocycles. The van der Waals surface area contributed by atoms with Gasteiger partial charge in [0.15, 0.2) is 5.82 Å². The van der Waals surface area contributed by atoms with E-state index in [1.54, 1.807) is 24.0 Å². The number of sulfonamides is 1. The Morgan fingerprint density at radius 2 is 2.20 bits per heavy atom. The van der Waals surface area contributed by atoms with E-state index in [1.807, 2.05) is 6.07 Å². The van der Waals surface area contributed by atoms with E-state index in [0.717, 1.165) is 11.8 Å². The van der Waals surface area contributed by atoms with Gasteiger partial charge in [0.1, 0.15) is 5.52 Å². The van der Waals surface area contributed by atoms with Crippen LogP contribution in [0.3, 0.4) is 0 Å². The lowest BCUT2D eigenvalue weighted by molar-refractivity contribution is 0.606. The maximum Gasteiger partial charge on any atom is 0.231 e. The van der Waals surface area contributed by atoms with E-state index < -0.39 is 10.0 Å². The fraction of sp³-hybridized carbons (Fsp3) is 0.250. The summed E-state index contributed by atoms with van der Waals surface area (Å²) in [5, 5.41) is 4.04. The van der Waals surface area contributed by atoms with E-state index in [2.05, 4.69) is 14.8 Å². The summed E-state index contributed by atoms with van der Waals surface area (Å²) in [4.78, 5) is 4.08. The van der Waals surface area contributed by atoms with E-state index in [9.17, 15) is 8.42 Å². The molecule has 80 valence electrons. The van der Waals surface area contributed by atoms with Crippen LogP contribution >= 0.6 is 0 Å². The highest BCUT2D eigenvalue weighted by atomic mass is 32.2. The lowest BCUT2D eigenvalue weighted by Crippen LogP contribution is -2.10. The molecular weight excluding hydrogens is 216 g/mol. The van der Waals surface area contributed by atoms with Crippen molar-refractivity contribution in [1.82, 2.24) is 14.8 Å². The van der Waals surface area contributed by atoms with Crippen LogP contribution in [0.25, 0.3) is 11.0 Å².